The smallest absolute Gasteiger partial charge is 0.404 e. The van der Waals surface area contributed by atoms with Gasteiger partial charge in [0.2, 0.25) is 0 Å². The molecule has 1 aromatic heterocycles. The van der Waals surface area contributed by atoms with E-state index in [0.29, 0.717) is 6.04 Å². The Bertz CT molecular complexity index is 681. The number of nitrogens with zero attached hydrogens (tertiary/aromatic N) is 2. The topological polar surface area (TPSA) is 87.1 Å². The fourth-order valence-electron chi connectivity index (χ4n) is 3.04. The predicted octanol–water partition coefficient (Wildman–Crippen LogP) is 2.93. The van der Waals surface area contributed by atoms with Crippen LogP contribution in [0.25, 0.3) is 10.9 Å². The van der Waals surface area contributed by atoms with Crippen molar-refractivity contribution in [1.29, 1.82) is 0 Å². The summed E-state index contributed by atoms with van der Waals surface area (Å²) < 4.78 is 0. The molecule has 1 aliphatic carbocycles. The molecule has 22 heavy (non-hydrogen) atoms. The molecule has 3 N–H and O–H groups in total. The Morgan fingerprint density at radius 3 is 2.64 bits per heavy atom. The molecule has 3 rings (SSSR count). The van der Waals surface area contributed by atoms with E-state index in [1.165, 1.54) is 5.56 Å². The van der Waals surface area contributed by atoms with E-state index in [9.17, 15) is 4.79 Å². The summed E-state index contributed by atoms with van der Waals surface area (Å²) in [7, 11) is 0. The van der Waals surface area contributed by atoms with Gasteiger partial charge in [-0.3, -0.25) is 0 Å². The molecular weight excluding hydrogens is 280 g/mol. The summed E-state index contributed by atoms with van der Waals surface area (Å²) in [5.74, 6) is 0.864. The lowest BCUT2D eigenvalue weighted by Crippen LogP contribution is -2.39. The molecule has 1 amide bonds. The highest BCUT2D eigenvalue weighted by atomic mass is 16.4. The quantitative estimate of drug-likeness (QED) is 0.811. The Hall–Kier alpha value is -2.37. The number of benzene rings is 1. The zero-order valence-electron chi connectivity index (χ0n) is 12.5. The number of fused-ring (bicyclic) bond motifs is 1. The largest absolute Gasteiger partial charge is 0.465 e. The average molecular weight is 300 g/mol. The van der Waals surface area contributed by atoms with Crippen molar-refractivity contribution in [2.75, 3.05) is 5.32 Å². The third-order valence-electron chi connectivity index (χ3n) is 4.19. The Kier molecular flexibility index (Phi) is 4.09. The molecule has 0 atom stereocenters. The highest BCUT2D eigenvalue weighted by Gasteiger charge is 2.22. The van der Waals surface area contributed by atoms with E-state index in [2.05, 4.69) is 33.6 Å². The van der Waals surface area contributed by atoms with Gasteiger partial charge in [0.25, 0.3) is 0 Å². The van der Waals surface area contributed by atoms with E-state index >= 15 is 0 Å². The molecule has 6 nitrogen and oxygen atoms in total. The minimum atomic E-state index is -0.936. The zero-order chi connectivity index (χ0) is 15.5. The fraction of sp³-hybridized carbons (Fsp3) is 0.438. The number of hydrogen-bond acceptors (Lipinski definition) is 4. The van der Waals surface area contributed by atoms with E-state index in [-0.39, 0.29) is 6.04 Å². The summed E-state index contributed by atoms with van der Waals surface area (Å²) in [6.45, 7) is 2.05. The SMILES string of the molecule is Cc1ccc2ncnc(N[C@H]3CC[C@H](NC(=O)O)CC3)c2c1. The summed E-state index contributed by atoms with van der Waals surface area (Å²) in [4.78, 5) is 19.3. The summed E-state index contributed by atoms with van der Waals surface area (Å²) in [5.41, 5.74) is 2.11. The number of amides is 1. The first-order valence-electron chi connectivity index (χ1n) is 7.59. The fourth-order valence-corrected chi connectivity index (χ4v) is 3.04. The molecule has 0 bridgehead atoms. The minimum absolute atomic E-state index is 0.0694. The molecule has 1 saturated carbocycles. The Morgan fingerprint density at radius 2 is 1.91 bits per heavy atom. The third kappa shape index (κ3) is 3.27. The van der Waals surface area contributed by atoms with Crippen molar-refractivity contribution < 1.29 is 9.90 Å². The lowest BCUT2D eigenvalue weighted by atomic mass is 9.91. The molecule has 0 spiro atoms. The van der Waals surface area contributed by atoms with Crippen molar-refractivity contribution >= 4 is 22.8 Å². The average Bonchev–Trinajstić information content (AvgIpc) is 2.49. The summed E-state index contributed by atoms with van der Waals surface area (Å²) in [6.07, 6.45) is 4.22. The highest BCUT2D eigenvalue weighted by molar-refractivity contribution is 5.89. The molecule has 0 aliphatic heterocycles. The monoisotopic (exact) mass is 300 g/mol. The number of aromatic nitrogens is 2. The van der Waals surface area contributed by atoms with E-state index in [1.54, 1.807) is 6.33 Å². The highest BCUT2D eigenvalue weighted by Crippen LogP contribution is 2.25. The maximum absolute atomic E-state index is 10.7. The van der Waals surface area contributed by atoms with E-state index in [1.807, 2.05) is 12.1 Å². The number of rotatable bonds is 3. The molecule has 2 aromatic rings. The molecular formula is C16H20N4O2. The standard InChI is InChI=1S/C16H20N4O2/c1-10-2-7-14-13(8-10)15(18-9-17-14)19-11-3-5-12(6-4-11)20-16(21)22/h2,7-9,11-12,20H,3-6H2,1H3,(H,21,22)(H,17,18,19)/t11-,12-. The molecule has 1 aliphatic rings. The van der Waals surface area contributed by atoms with Gasteiger partial charge in [-0.25, -0.2) is 14.8 Å². The van der Waals surface area contributed by atoms with Gasteiger partial charge in [-0.1, -0.05) is 11.6 Å². The first kappa shape index (κ1) is 14.6. The van der Waals surface area contributed by atoms with Crippen LogP contribution in [0.5, 0.6) is 0 Å². The van der Waals surface area contributed by atoms with Crippen molar-refractivity contribution in [3.8, 4) is 0 Å². The molecule has 1 heterocycles. The van der Waals surface area contributed by atoms with Crippen LogP contribution in [0.15, 0.2) is 24.5 Å². The second-order valence-corrected chi connectivity index (χ2v) is 5.89. The Labute approximate surface area is 129 Å². The lowest BCUT2D eigenvalue weighted by Gasteiger charge is -2.29. The van der Waals surface area contributed by atoms with Gasteiger partial charge in [0.05, 0.1) is 5.52 Å². The van der Waals surface area contributed by atoms with Crippen molar-refractivity contribution in [2.45, 2.75) is 44.7 Å². The number of anilines is 1. The predicted molar refractivity (Wildman–Crippen MR) is 85.1 cm³/mol. The lowest BCUT2D eigenvalue weighted by molar-refractivity contribution is 0.185. The normalized spacial score (nSPS) is 21.5. The van der Waals surface area contributed by atoms with Crippen molar-refractivity contribution in [1.82, 2.24) is 15.3 Å². The molecule has 1 fully saturated rings. The summed E-state index contributed by atoms with van der Waals surface area (Å²) in [5, 5.41) is 15.9. The van der Waals surface area contributed by atoms with Crippen LogP contribution >= 0.6 is 0 Å². The molecule has 116 valence electrons. The molecule has 0 unspecified atom stereocenters. The van der Waals surface area contributed by atoms with Crippen LogP contribution in [-0.2, 0) is 0 Å². The number of carboxylic acid groups (broad SMARTS) is 1. The van der Waals surface area contributed by atoms with Gasteiger partial charge in [0.1, 0.15) is 12.1 Å². The van der Waals surface area contributed by atoms with Gasteiger partial charge < -0.3 is 15.7 Å². The third-order valence-corrected chi connectivity index (χ3v) is 4.19. The second-order valence-electron chi connectivity index (χ2n) is 5.89. The summed E-state index contributed by atoms with van der Waals surface area (Å²) in [6, 6.07) is 6.54. The summed E-state index contributed by atoms with van der Waals surface area (Å²) >= 11 is 0. The van der Waals surface area contributed by atoms with Crippen LogP contribution < -0.4 is 10.6 Å². The molecule has 0 radical (unpaired) electrons. The van der Waals surface area contributed by atoms with E-state index in [0.717, 1.165) is 42.4 Å². The number of hydrogen-bond donors (Lipinski definition) is 3. The van der Waals surface area contributed by atoms with Crippen molar-refractivity contribution in [3.05, 3.63) is 30.1 Å². The number of nitrogens with one attached hydrogen (secondary N) is 2. The Morgan fingerprint density at radius 1 is 1.18 bits per heavy atom. The Balaban J connectivity index is 1.69. The van der Waals surface area contributed by atoms with Crippen molar-refractivity contribution in [2.24, 2.45) is 0 Å². The van der Waals surface area contributed by atoms with Crippen LogP contribution in [0.2, 0.25) is 0 Å². The van der Waals surface area contributed by atoms with Gasteiger partial charge >= 0.3 is 6.09 Å². The first-order valence-corrected chi connectivity index (χ1v) is 7.59. The van der Waals surface area contributed by atoms with E-state index in [4.69, 9.17) is 5.11 Å². The van der Waals surface area contributed by atoms with Crippen LogP contribution in [-0.4, -0.2) is 33.3 Å². The molecule has 1 aromatic carbocycles. The number of aryl methyl sites for hydroxylation is 1. The van der Waals surface area contributed by atoms with Crippen LogP contribution in [0.4, 0.5) is 10.6 Å². The van der Waals surface area contributed by atoms with E-state index < -0.39 is 6.09 Å². The van der Waals surface area contributed by atoms with Crippen LogP contribution in [0, 0.1) is 6.92 Å². The molecule has 0 saturated heterocycles. The van der Waals surface area contributed by atoms with Gasteiger partial charge in [0, 0.05) is 17.5 Å². The first-order chi connectivity index (χ1) is 10.6. The van der Waals surface area contributed by atoms with Gasteiger partial charge in [-0.2, -0.15) is 0 Å². The second kappa shape index (κ2) is 6.17. The van der Waals surface area contributed by atoms with Crippen LogP contribution in [0.3, 0.4) is 0 Å². The van der Waals surface area contributed by atoms with Crippen LogP contribution in [0.1, 0.15) is 31.2 Å². The van der Waals surface area contributed by atoms with Crippen molar-refractivity contribution in [3.63, 3.8) is 0 Å². The van der Waals surface area contributed by atoms with Gasteiger partial charge in [-0.15, -0.1) is 0 Å². The van der Waals surface area contributed by atoms with Gasteiger partial charge in [-0.05, 0) is 44.7 Å². The zero-order valence-corrected chi connectivity index (χ0v) is 12.5. The number of carbonyl (C=O) groups is 1. The maximum atomic E-state index is 10.7. The molecule has 6 heteroatoms. The minimum Gasteiger partial charge on any atom is -0.465 e. The van der Waals surface area contributed by atoms with Gasteiger partial charge in [0.15, 0.2) is 0 Å². The maximum Gasteiger partial charge on any atom is 0.404 e.